The van der Waals surface area contributed by atoms with Gasteiger partial charge in [-0.25, -0.2) is 0 Å². The number of ether oxygens (including phenoxy) is 1. The first-order valence-electron chi connectivity index (χ1n) is 8.19. The summed E-state index contributed by atoms with van der Waals surface area (Å²) in [7, 11) is 1.36. The topological polar surface area (TPSA) is 119 Å². The molecule has 2 rings (SSSR count). The highest BCUT2D eigenvalue weighted by atomic mass is 16.6. The van der Waals surface area contributed by atoms with Crippen LogP contribution in [0.5, 0.6) is 5.75 Å². The molecule has 0 heterocycles. The van der Waals surface area contributed by atoms with Gasteiger partial charge in [0.1, 0.15) is 5.75 Å². The molecule has 1 aromatic rings. The number of hydrogen-bond donors (Lipinski definition) is 2. The number of anilines is 1. The molecule has 8 nitrogen and oxygen atoms in total. The Bertz CT molecular complexity index is 667. The monoisotopic (exact) mass is 350 g/mol. The van der Waals surface area contributed by atoms with Gasteiger partial charge in [0.2, 0.25) is 5.91 Å². The van der Waals surface area contributed by atoms with Gasteiger partial charge in [-0.15, -0.1) is 0 Å². The highest BCUT2D eigenvalue weighted by Gasteiger charge is 2.36. The van der Waals surface area contributed by atoms with E-state index in [1.807, 2.05) is 0 Å². The second kappa shape index (κ2) is 7.96. The van der Waals surface area contributed by atoms with Crippen LogP contribution in [0.2, 0.25) is 0 Å². The smallest absolute Gasteiger partial charge is 0.303 e. The van der Waals surface area contributed by atoms with E-state index in [1.165, 1.54) is 25.3 Å². The average molecular weight is 350 g/mol. The van der Waals surface area contributed by atoms with E-state index in [0.717, 1.165) is 19.3 Å². The van der Waals surface area contributed by atoms with E-state index in [0.29, 0.717) is 18.5 Å². The first-order valence-corrected chi connectivity index (χ1v) is 8.19. The number of carboxylic acid groups (broad SMARTS) is 1. The number of amides is 1. The number of carbonyl (C=O) groups excluding carboxylic acids is 1. The zero-order chi connectivity index (χ0) is 18.4. The van der Waals surface area contributed by atoms with Crippen LogP contribution in [0.25, 0.3) is 0 Å². The summed E-state index contributed by atoms with van der Waals surface area (Å²) in [5.74, 6) is -1.02. The van der Waals surface area contributed by atoms with Gasteiger partial charge in [0.15, 0.2) is 0 Å². The Morgan fingerprint density at radius 3 is 2.52 bits per heavy atom. The normalized spacial score (nSPS) is 16.0. The molecule has 0 saturated heterocycles. The maximum Gasteiger partial charge on any atom is 0.303 e. The van der Waals surface area contributed by atoms with Crippen molar-refractivity contribution in [3.8, 4) is 5.75 Å². The van der Waals surface area contributed by atoms with Gasteiger partial charge in [0.05, 0.1) is 30.2 Å². The number of nitrogens with one attached hydrogen (secondary N) is 1. The van der Waals surface area contributed by atoms with Crippen LogP contribution in [-0.2, 0) is 9.59 Å². The Kier molecular flexibility index (Phi) is 5.95. The van der Waals surface area contributed by atoms with Crippen molar-refractivity contribution in [2.75, 3.05) is 12.4 Å². The molecule has 0 aromatic heterocycles. The highest BCUT2D eigenvalue weighted by Crippen LogP contribution is 2.42. The van der Waals surface area contributed by atoms with Crippen LogP contribution in [0.3, 0.4) is 0 Å². The summed E-state index contributed by atoms with van der Waals surface area (Å²) in [6.07, 6.45) is 4.40. The van der Waals surface area contributed by atoms with Crippen molar-refractivity contribution in [2.24, 2.45) is 5.41 Å². The van der Waals surface area contributed by atoms with Crippen molar-refractivity contribution >= 4 is 23.3 Å². The van der Waals surface area contributed by atoms with Crippen LogP contribution in [0.1, 0.15) is 44.9 Å². The Labute approximate surface area is 145 Å². The maximum absolute atomic E-state index is 12.5. The maximum atomic E-state index is 12.5. The number of nitrogens with zero attached hydrogens (tertiary/aromatic N) is 1. The summed E-state index contributed by atoms with van der Waals surface area (Å²) in [6.45, 7) is 0. The lowest BCUT2D eigenvalue weighted by atomic mass is 9.69. The molecule has 2 N–H and O–H groups in total. The van der Waals surface area contributed by atoms with Gasteiger partial charge < -0.3 is 15.2 Å². The van der Waals surface area contributed by atoms with Crippen molar-refractivity contribution in [2.45, 2.75) is 44.9 Å². The summed E-state index contributed by atoms with van der Waals surface area (Å²) in [5.41, 5.74) is -0.328. The number of carbonyl (C=O) groups is 2. The molecule has 0 unspecified atom stereocenters. The SMILES string of the molecule is COc1cc([N+](=O)[O-])ccc1NC(=O)CC1(CC(=O)O)CCCCC1. The minimum Gasteiger partial charge on any atom is -0.494 e. The van der Waals surface area contributed by atoms with E-state index in [2.05, 4.69) is 5.32 Å². The molecular weight excluding hydrogens is 328 g/mol. The van der Waals surface area contributed by atoms with Crippen molar-refractivity contribution < 1.29 is 24.4 Å². The quantitative estimate of drug-likeness (QED) is 0.575. The second-order valence-corrected chi connectivity index (χ2v) is 6.50. The van der Waals surface area contributed by atoms with E-state index >= 15 is 0 Å². The predicted octanol–water partition coefficient (Wildman–Crippen LogP) is 3.36. The Balaban J connectivity index is 2.12. The van der Waals surface area contributed by atoms with Gasteiger partial charge in [-0.1, -0.05) is 19.3 Å². The van der Waals surface area contributed by atoms with Crippen molar-refractivity contribution in [3.05, 3.63) is 28.3 Å². The molecule has 1 amide bonds. The molecule has 0 atom stereocenters. The van der Waals surface area contributed by atoms with Crippen LogP contribution in [0.15, 0.2) is 18.2 Å². The van der Waals surface area contributed by atoms with Gasteiger partial charge in [0, 0.05) is 12.5 Å². The molecular formula is C17H22N2O6. The molecule has 1 aliphatic carbocycles. The summed E-state index contributed by atoms with van der Waals surface area (Å²) in [6, 6.07) is 3.94. The number of methoxy groups -OCH3 is 1. The fourth-order valence-electron chi connectivity index (χ4n) is 3.47. The Morgan fingerprint density at radius 2 is 1.96 bits per heavy atom. The molecule has 0 spiro atoms. The summed E-state index contributed by atoms with van der Waals surface area (Å²) < 4.78 is 5.10. The zero-order valence-electron chi connectivity index (χ0n) is 14.1. The fraction of sp³-hybridized carbons (Fsp3) is 0.529. The lowest BCUT2D eigenvalue weighted by Gasteiger charge is -2.35. The molecule has 0 aliphatic heterocycles. The van der Waals surface area contributed by atoms with E-state index in [-0.39, 0.29) is 30.2 Å². The minimum absolute atomic E-state index is 0.0299. The Hall–Kier alpha value is -2.64. The standard InChI is InChI=1S/C17H22N2O6/c1-25-14-9-12(19(23)24)5-6-13(14)18-15(20)10-17(11-16(21)22)7-3-2-4-8-17/h5-6,9H,2-4,7-8,10-11H2,1H3,(H,18,20)(H,21,22). The third-order valence-electron chi connectivity index (χ3n) is 4.65. The number of aliphatic carboxylic acids is 1. The molecule has 25 heavy (non-hydrogen) atoms. The van der Waals surface area contributed by atoms with Crippen LogP contribution in [0.4, 0.5) is 11.4 Å². The largest absolute Gasteiger partial charge is 0.494 e. The Morgan fingerprint density at radius 1 is 1.28 bits per heavy atom. The van der Waals surface area contributed by atoms with Gasteiger partial charge in [-0.2, -0.15) is 0 Å². The van der Waals surface area contributed by atoms with Gasteiger partial charge in [-0.05, 0) is 24.3 Å². The zero-order valence-corrected chi connectivity index (χ0v) is 14.1. The molecule has 136 valence electrons. The van der Waals surface area contributed by atoms with Gasteiger partial charge >= 0.3 is 5.97 Å². The summed E-state index contributed by atoms with van der Waals surface area (Å²) >= 11 is 0. The third kappa shape index (κ3) is 4.91. The van der Waals surface area contributed by atoms with E-state index in [1.54, 1.807) is 0 Å². The first kappa shape index (κ1) is 18.7. The molecule has 0 bridgehead atoms. The van der Waals surface area contributed by atoms with Crippen LogP contribution in [0, 0.1) is 15.5 Å². The molecule has 1 saturated carbocycles. The number of non-ortho nitro benzene ring substituents is 1. The van der Waals surface area contributed by atoms with Crippen molar-refractivity contribution in [3.63, 3.8) is 0 Å². The van der Waals surface area contributed by atoms with E-state index < -0.39 is 16.3 Å². The summed E-state index contributed by atoms with van der Waals surface area (Å²) in [4.78, 5) is 33.9. The van der Waals surface area contributed by atoms with Gasteiger partial charge in [0.25, 0.3) is 5.69 Å². The summed E-state index contributed by atoms with van der Waals surface area (Å²) in [5, 5.41) is 22.7. The first-order chi connectivity index (χ1) is 11.8. The third-order valence-corrected chi connectivity index (χ3v) is 4.65. The number of hydrogen-bond acceptors (Lipinski definition) is 5. The second-order valence-electron chi connectivity index (χ2n) is 6.50. The average Bonchev–Trinajstić information content (AvgIpc) is 2.54. The molecule has 1 aromatic carbocycles. The molecule has 8 heteroatoms. The van der Waals surface area contributed by atoms with E-state index in [4.69, 9.17) is 4.74 Å². The van der Waals surface area contributed by atoms with Crippen LogP contribution < -0.4 is 10.1 Å². The minimum atomic E-state index is -0.900. The van der Waals surface area contributed by atoms with Crippen LogP contribution in [-0.4, -0.2) is 29.0 Å². The predicted molar refractivity (Wildman–Crippen MR) is 90.7 cm³/mol. The molecule has 0 radical (unpaired) electrons. The lowest BCUT2D eigenvalue weighted by molar-refractivity contribution is -0.384. The number of nitro groups is 1. The molecule has 1 aliphatic rings. The number of carboxylic acids is 1. The van der Waals surface area contributed by atoms with Gasteiger partial charge in [-0.3, -0.25) is 19.7 Å². The van der Waals surface area contributed by atoms with Crippen molar-refractivity contribution in [1.82, 2.24) is 0 Å². The molecule has 1 fully saturated rings. The number of benzene rings is 1. The van der Waals surface area contributed by atoms with Crippen LogP contribution >= 0.6 is 0 Å². The number of nitro benzene ring substituents is 1. The lowest BCUT2D eigenvalue weighted by Crippen LogP contribution is -2.32. The number of rotatable bonds is 7. The highest BCUT2D eigenvalue weighted by molar-refractivity contribution is 5.93. The van der Waals surface area contributed by atoms with Crippen molar-refractivity contribution in [1.29, 1.82) is 0 Å². The fourth-order valence-corrected chi connectivity index (χ4v) is 3.47. The van der Waals surface area contributed by atoms with E-state index in [9.17, 15) is 24.8 Å².